The van der Waals surface area contributed by atoms with Crippen molar-refractivity contribution in [2.75, 3.05) is 6.54 Å². The highest BCUT2D eigenvalue weighted by atomic mass is 16.5. The van der Waals surface area contributed by atoms with Gasteiger partial charge in [-0.25, -0.2) is 4.98 Å². The second-order valence-corrected chi connectivity index (χ2v) is 5.52. The number of hydrogen-bond donors (Lipinski definition) is 2. The number of carboxylic acids is 1. The fourth-order valence-corrected chi connectivity index (χ4v) is 2.47. The minimum atomic E-state index is -0.812. The standard InChI is InChI=1S/C16H22N2O4/c19-15(20)7-3-4-10-17-16(21)12-8-9-14(18-11-12)22-13-5-1-2-6-13/h8-9,11,13H,1-7,10H2,(H,17,21)(H,19,20). The fraction of sp³-hybridized carbons (Fsp3) is 0.562. The molecule has 1 aliphatic rings. The molecule has 0 spiro atoms. The van der Waals surface area contributed by atoms with Gasteiger partial charge in [-0.15, -0.1) is 0 Å². The van der Waals surface area contributed by atoms with Gasteiger partial charge in [0.05, 0.1) is 5.56 Å². The number of nitrogens with zero attached hydrogens (tertiary/aromatic N) is 1. The van der Waals surface area contributed by atoms with Crippen LogP contribution in [0.3, 0.4) is 0 Å². The maximum absolute atomic E-state index is 11.9. The third-order valence-electron chi connectivity index (χ3n) is 3.69. The van der Waals surface area contributed by atoms with E-state index in [0.29, 0.717) is 30.8 Å². The number of hydrogen-bond acceptors (Lipinski definition) is 4. The van der Waals surface area contributed by atoms with Crippen molar-refractivity contribution < 1.29 is 19.4 Å². The Morgan fingerprint density at radius 1 is 1.27 bits per heavy atom. The summed E-state index contributed by atoms with van der Waals surface area (Å²) in [6, 6.07) is 3.42. The van der Waals surface area contributed by atoms with Crippen molar-refractivity contribution in [1.29, 1.82) is 0 Å². The molecule has 1 aliphatic carbocycles. The summed E-state index contributed by atoms with van der Waals surface area (Å²) in [5.74, 6) is -0.450. The summed E-state index contributed by atoms with van der Waals surface area (Å²) in [4.78, 5) is 26.4. The number of carboxylic acid groups (broad SMARTS) is 1. The molecule has 2 N–H and O–H groups in total. The number of aromatic nitrogens is 1. The topological polar surface area (TPSA) is 88.5 Å². The number of unbranched alkanes of at least 4 members (excludes halogenated alkanes) is 1. The molecule has 2 rings (SSSR count). The molecule has 1 aromatic heterocycles. The number of carbonyl (C=O) groups is 2. The molecule has 0 atom stereocenters. The number of pyridine rings is 1. The summed E-state index contributed by atoms with van der Waals surface area (Å²) >= 11 is 0. The average Bonchev–Trinajstić information content (AvgIpc) is 3.00. The molecular weight excluding hydrogens is 284 g/mol. The van der Waals surface area contributed by atoms with Crippen LogP contribution in [0.2, 0.25) is 0 Å². The van der Waals surface area contributed by atoms with Crippen LogP contribution in [0.25, 0.3) is 0 Å². The van der Waals surface area contributed by atoms with Crippen molar-refractivity contribution in [3.05, 3.63) is 23.9 Å². The first kappa shape index (κ1) is 16.3. The Labute approximate surface area is 129 Å². The fourth-order valence-electron chi connectivity index (χ4n) is 2.47. The number of nitrogens with one attached hydrogen (secondary N) is 1. The third-order valence-corrected chi connectivity index (χ3v) is 3.69. The van der Waals surface area contributed by atoms with Crippen LogP contribution in [-0.4, -0.2) is 34.6 Å². The van der Waals surface area contributed by atoms with Gasteiger partial charge in [0.25, 0.3) is 5.91 Å². The van der Waals surface area contributed by atoms with Crippen molar-refractivity contribution >= 4 is 11.9 Å². The lowest BCUT2D eigenvalue weighted by Gasteiger charge is -2.12. The van der Waals surface area contributed by atoms with Gasteiger partial charge >= 0.3 is 5.97 Å². The van der Waals surface area contributed by atoms with Crippen LogP contribution in [0.5, 0.6) is 5.88 Å². The Hall–Kier alpha value is -2.11. The van der Waals surface area contributed by atoms with Crippen LogP contribution in [0.4, 0.5) is 0 Å². The molecule has 0 aliphatic heterocycles. The van der Waals surface area contributed by atoms with E-state index in [1.54, 1.807) is 12.1 Å². The number of rotatable bonds is 8. The Kier molecular flexibility index (Phi) is 6.18. The molecule has 6 nitrogen and oxygen atoms in total. The summed E-state index contributed by atoms with van der Waals surface area (Å²) in [7, 11) is 0. The summed E-state index contributed by atoms with van der Waals surface area (Å²) in [5.41, 5.74) is 0.483. The molecule has 1 saturated carbocycles. The van der Waals surface area contributed by atoms with Gasteiger partial charge in [-0.2, -0.15) is 0 Å². The predicted octanol–water partition coefficient (Wildman–Crippen LogP) is 2.39. The molecular formula is C16H22N2O4. The maximum Gasteiger partial charge on any atom is 0.303 e. The van der Waals surface area contributed by atoms with Crippen molar-refractivity contribution in [2.45, 2.75) is 51.0 Å². The van der Waals surface area contributed by atoms with Gasteiger partial charge in [0.15, 0.2) is 0 Å². The summed E-state index contributed by atoms with van der Waals surface area (Å²) in [6.07, 6.45) is 7.64. The Morgan fingerprint density at radius 3 is 2.68 bits per heavy atom. The van der Waals surface area contributed by atoms with E-state index in [9.17, 15) is 9.59 Å². The van der Waals surface area contributed by atoms with E-state index in [4.69, 9.17) is 9.84 Å². The van der Waals surface area contributed by atoms with Crippen molar-refractivity contribution in [1.82, 2.24) is 10.3 Å². The molecule has 0 radical (unpaired) electrons. The van der Waals surface area contributed by atoms with Crippen LogP contribution in [0.1, 0.15) is 55.3 Å². The summed E-state index contributed by atoms with van der Waals surface area (Å²) in [5, 5.41) is 11.3. The molecule has 6 heteroatoms. The lowest BCUT2D eigenvalue weighted by atomic mass is 10.2. The van der Waals surface area contributed by atoms with Gasteiger partial charge in [-0.1, -0.05) is 0 Å². The van der Waals surface area contributed by atoms with Crippen LogP contribution >= 0.6 is 0 Å². The Morgan fingerprint density at radius 2 is 2.05 bits per heavy atom. The number of ether oxygens (including phenoxy) is 1. The van der Waals surface area contributed by atoms with E-state index in [2.05, 4.69) is 10.3 Å². The molecule has 120 valence electrons. The van der Waals surface area contributed by atoms with E-state index in [-0.39, 0.29) is 18.4 Å². The molecule has 1 fully saturated rings. The number of carbonyl (C=O) groups excluding carboxylic acids is 1. The summed E-state index contributed by atoms with van der Waals surface area (Å²) < 4.78 is 5.75. The molecule has 0 unspecified atom stereocenters. The van der Waals surface area contributed by atoms with Crippen LogP contribution in [0, 0.1) is 0 Å². The van der Waals surface area contributed by atoms with Gasteiger partial charge in [0, 0.05) is 25.2 Å². The maximum atomic E-state index is 11.9. The van der Waals surface area contributed by atoms with Crippen molar-refractivity contribution in [3.63, 3.8) is 0 Å². The number of amides is 1. The molecule has 1 aromatic rings. The second kappa shape index (κ2) is 8.36. The quantitative estimate of drug-likeness (QED) is 0.720. The molecule has 1 heterocycles. The molecule has 0 aromatic carbocycles. The number of aliphatic carboxylic acids is 1. The highest BCUT2D eigenvalue weighted by Crippen LogP contribution is 2.22. The predicted molar refractivity (Wildman–Crippen MR) is 80.9 cm³/mol. The van der Waals surface area contributed by atoms with E-state index in [1.807, 2.05) is 0 Å². The van der Waals surface area contributed by atoms with E-state index in [0.717, 1.165) is 12.8 Å². The van der Waals surface area contributed by atoms with Crippen molar-refractivity contribution in [3.8, 4) is 5.88 Å². The monoisotopic (exact) mass is 306 g/mol. The molecule has 0 bridgehead atoms. The molecule has 22 heavy (non-hydrogen) atoms. The van der Waals surface area contributed by atoms with Gasteiger partial charge < -0.3 is 15.2 Å². The van der Waals surface area contributed by atoms with Crippen LogP contribution in [0.15, 0.2) is 18.3 Å². The molecule has 1 amide bonds. The molecule has 0 saturated heterocycles. The van der Waals surface area contributed by atoms with Gasteiger partial charge in [-0.05, 0) is 44.6 Å². The lowest BCUT2D eigenvalue weighted by molar-refractivity contribution is -0.137. The minimum absolute atomic E-state index is 0.130. The van der Waals surface area contributed by atoms with Crippen molar-refractivity contribution in [2.24, 2.45) is 0 Å². The first-order valence-corrected chi connectivity index (χ1v) is 7.78. The zero-order valence-electron chi connectivity index (χ0n) is 12.6. The van der Waals surface area contributed by atoms with E-state index < -0.39 is 5.97 Å². The largest absolute Gasteiger partial charge is 0.481 e. The second-order valence-electron chi connectivity index (χ2n) is 5.52. The minimum Gasteiger partial charge on any atom is -0.481 e. The Balaban J connectivity index is 1.72. The third kappa shape index (κ3) is 5.35. The van der Waals surface area contributed by atoms with E-state index in [1.165, 1.54) is 19.0 Å². The highest BCUT2D eigenvalue weighted by molar-refractivity contribution is 5.93. The normalized spacial score (nSPS) is 14.7. The van der Waals surface area contributed by atoms with Gasteiger partial charge in [0.2, 0.25) is 5.88 Å². The zero-order chi connectivity index (χ0) is 15.8. The summed E-state index contributed by atoms with van der Waals surface area (Å²) in [6.45, 7) is 0.465. The highest BCUT2D eigenvalue weighted by Gasteiger charge is 2.17. The Bertz CT molecular complexity index is 495. The van der Waals surface area contributed by atoms with Crippen LogP contribution < -0.4 is 10.1 Å². The smallest absolute Gasteiger partial charge is 0.303 e. The van der Waals surface area contributed by atoms with Crippen LogP contribution in [-0.2, 0) is 4.79 Å². The zero-order valence-corrected chi connectivity index (χ0v) is 12.6. The first-order chi connectivity index (χ1) is 10.6. The lowest BCUT2D eigenvalue weighted by Crippen LogP contribution is -2.24. The SMILES string of the molecule is O=C(O)CCCCNC(=O)c1ccc(OC2CCCC2)nc1. The average molecular weight is 306 g/mol. The van der Waals surface area contributed by atoms with Gasteiger partial charge in [-0.3, -0.25) is 9.59 Å². The first-order valence-electron chi connectivity index (χ1n) is 7.78. The van der Waals surface area contributed by atoms with Gasteiger partial charge in [0.1, 0.15) is 6.10 Å². The van der Waals surface area contributed by atoms with E-state index >= 15 is 0 Å².